The van der Waals surface area contributed by atoms with Crippen LogP contribution in [0.3, 0.4) is 0 Å². The summed E-state index contributed by atoms with van der Waals surface area (Å²) >= 11 is 15.0. The normalized spacial score (nSPS) is 16.6. The molecular weight excluding hydrogens is 232 g/mol. The van der Waals surface area contributed by atoms with E-state index in [4.69, 9.17) is 29.2 Å². The van der Waals surface area contributed by atoms with Crippen LogP contribution in [0.5, 0.6) is 0 Å². The van der Waals surface area contributed by atoms with E-state index in [-0.39, 0.29) is 0 Å². The molecular formula is C10H8OS3. The fourth-order valence-electron chi connectivity index (χ4n) is 0.995. The molecule has 0 aromatic rings. The zero-order chi connectivity index (χ0) is 10.6. The number of hydrogen-bond donors (Lipinski definition) is 0. The quantitative estimate of drug-likeness (QED) is 0.554. The summed E-state index contributed by atoms with van der Waals surface area (Å²) in [4.78, 5) is 1.21. The topological polar surface area (TPSA) is 9.23 Å². The number of methoxy groups -OCH3 is 1. The van der Waals surface area contributed by atoms with Crippen LogP contribution in [0.1, 0.15) is 0 Å². The van der Waals surface area contributed by atoms with Crippen molar-refractivity contribution >= 4 is 51.8 Å². The molecule has 0 aliphatic heterocycles. The van der Waals surface area contributed by atoms with Crippen LogP contribution in [0.15, 0.2) is 35.6 Å². The van der Waals surface area contributed by atoms with E-state index in [0.29, 0.717) is 15.5 Å². The van der Waals surface area contributed by atoms with E-state index in [1.165, 1.54) is 5.37 Å². The van der Waals surface area contributed by atoms with Gasteiger partial charge in [-0.3, -0.25) is 0 Å². The zero-order valence-corrected chi connectivity index (χ0v) is 9.97. The molecule has 0 fully saturated rings. The van der Waals surface area contributed by atoms with Gasteiger partial charge in [0.1, 0.15) is 5.76 Å². The summed E-state index contributed by atoms with van der Waals surface area (Å²) in [5, 5.41) is 1.53. The maximum atomic E-state index is 5.18. The van der Waals surface area contributed by atoms with Gasteiger partial charge in [-0.2, -0.15) is 0 Å². The summed E-state index contributed by atoms with van der Waals surface area (Å²) in [7, 11) is 1.58. The molecule has 0 radical (unpaired) electrons. The lowest BCUT2D eigenvalue weighted by molar-refractivity contribution is 0.317. The molecule has 0 atom stereocenters. The number of thiocarbonyl (C=S) groups is 3. The fourth-order valence-corrected chi connectivity index (χ4v) is 1.58. The van der Waals surface area contributed by atoms with Crippen molar-refractivity contribution in [1.29, 1.82) is 0 Å². The second-order valence-electron chi connectivity index (χ2n) is 2.51. The van der Waals surface area contributed by atoms with Gasteiger partial charge in [-0.25, -0.2) is 0 Å². The Bertz CT molecular complexity index is 375. The summed E-state index contributed by atoms with van der Waals surface area (Å²) in [5.74, 6) is 0.643. The van der Waals surface area contributed by atoms with E-state index in [2.05, 4.69) is 12.2 Å². The first kappa shape index (κ1) is 11.4. The Kier molecular flexibility index (Phi) is 4.25. The largest absolute Gasteiger partial charge is 0.495 e. The van der Waals surface area contributed by atoms with E-state index in [1.807, 2.05) is 12.2 Å². The lowest BCUT2D eigenvalue weighted by atomic mass is 10.0. The van der Waals surface area contributed by atoms with Crippen LogP contribution in [0.4, 0.5) is 0 Å². The highest BCUT2D eigenvalue weighted by molar-refractivity contribution is 7.90. The molecule has 0 unspecified atom stereocenters. The average molecular weight is 240 g/mol. The van der Waals surface area contributed by atoms with Crippen LogP contribution in [0.25, 0.3) is 0 Å². The standard InChI is InChI=1S/C10H8OS3/c1-11-8-5-4-7(3-2-6-12)9(13)10(8)14/h2-6H,1H3/b3-2+. The summed E-state index contributed by atoms with van der Waals surface area (Å²) in [6.45, 7) is 0. The monoisotopic (exact) mass is 240 g/mol. The van der Waals surface area contributed by atoms with Gasteiger partial charge >= 0.3 is 0 Å². The number of ether oxygens (including phenoxy) is 1. The van der Waals surface area contributed by atoms with Crippen molar-refractivity contribution < 1.29 is 4.74 Å². The van der Waals surface area contributed by atoms with Crippen LogP contribution in [0, 0.1) is 0 Å². The summed E-state index contributed by atoms with van der Waals surface area (Å²) < 4.78 is 5.06. The molecule has 1 aliphatic carbocycles. The summed E-state index contributed by atoms with van der Waals surface area (Å²) in [5.41, 5.74) is 0.895. The first-order valence-corrected chi connectivity index (χ1v) is 5.16. The number of hydrogen-bond acceptors (Lipinski definition) is 4. The van der Waals surface area contributed by atoms with E-state index in [9.17, 15) is 0 Å². The molecule has 0 aromatic heterocycles. The van der Waals surface area contributed by atoms with Gasteiger partial charge in [0, 0.05) is 5.37 Å². The van der Waals surface area contributed by atoms with Crippen molar-refractivity contribution in [1.82, 2.24) is 0 Å². The van der Waals surface area contributed by atoms with Gasteiger partial charge in [0.05, 0.1) is 16.8 Å². The Morgan fingerprint density at radius 2 is 1.93 bits per heavy atom. The Balaban J connectivity index is 3.00. The van der Waals surface area contributed by atoms with Crippen molar-refractivity contribution in [2.24, 2.45) is 0 Å². The van der Waals surface area contributed by atoms with E-state index in [0.717, 1.165) is 5.57 Å². The Morgan fingerprint density at radius 1 is 1.21 bits per heavy atom. The first-order valence-electron chi connectivity index (χ1n) is 3.87. The lowest BCUT2D eigenvalue weighted by Gasteiger charge is -2.13. The van der Waals surface area contributed by atoms with E-state index in [1.54, 1.807) is 19.3 Å². The van der Waals surface area contributed by atoms with Gasteiger partial charge in [-0.1, -0.05) is 48.8 Å². The van der Waals surface area contributed by atoms with E-state index < -0.39 is 0 Å². The average Bonchev–Trinajstić information content (AvgIpc) is 2.20. The minimum absolute atomic E-state index is 0.578. The molecule has 0 bridgehead atoms. The highest BCUT2D eigenvalue weighted by Gasteiger charge is 2.16. The SMILES string of the molecule is COC1=CC=C(/C=C/C=S)C(=S)C1=S. The minimum atomic E-state index is 0.578. The van der Waals surface area contributed by atoms with E-state index >= 15 is 0 Å². The Morgan fingerprint density at radius 3 is 2.50 bits per heavy atom. The third-order valence-electron chi connectivity index (χ3n) is 1.68. The Labute approximate surface area is 99.1 Å². The molecule has 14 heavy (non-hydrogen) atoms. The van der Waals surface area contributed by atoms with Gasteiger partial charge in [-0.15, -0.1) is 0 Å². The fraction of sp³-hybridized carbons (Fsp3) is 0.100. The van der Waals surface area contributed by atoms with Crippen molar-refractivity contribution in [3.8, 4) is 0 Å². The third-order valence-corrected chi connectivity index (χ3v) is 2.81. The molecule has 0 heterocycles. The third kappa shape index (κ3) is 2.41. The second kappa shape index (κ2) is 5.24. The molecule has 0 spiro atoms. The smallest absolute Gasteiger partial charge is 0.138 e. The molecule has 0 amide bonds. The molecule has 0 saturated heterocycles. The molecule has 4 heteroatoms. The van der Waals surface area contributed by atoms with Gasteiger partial charge in [0.15, 0.2) is 0 Å². The molecule has 1 aliphatic rings. The van der Waals surface area contributed by atoms with Crippen molar-refractivity contribution in [3.63, 3.8) is 0 Å². The van der Waals surface area contributed by atoms with Crippen LogP contribution in [-0.4, -0.2) is 22.2 Å². The summed E-state index contributed by atoms with van der Waals surface area (Å²) in [6.07, 6.45) is 7.26. The number of rotatable bonds is 3. The van der Waals surface area contributed by atoms with Crippen LogP contribution in [-0.2, 0) is 4.74 Å². The zero-order valence-electron chi connectivity index (χ0n) is 7.52. The highest BCUT2D eigenvalue weighted by Crippen LogP contribution is 2.16. The summed E-state index contributed by atoms with van der Waals surface area (Å²) in [6, 6.07) is 0. The minimum Gasteiger partial charge on any atom is -0.495 e. The molecule has 0 aromatic carbocycles. The van der Waals surface area contributed by atoms with Crippen molar-refractivity contribution in [3.05, 3.63) is 35.6 Å². The van der Waals surface area contributed by atoms with Gasteiger partial charge in [-0.05, 0) is 17.7 Å². The van der Waals surface area contributed by atoms with Gasteiger partial charge in [0.2, 0.25) is 0 Å². The van der Waals surface area contributed by atoms with Crippen molar-refractivity contribution in [2.45, 2.75) is 0 Å². The molecule has 72 valence electrons. The van der Waals surface area contributed by atoms with Crippen LogP contribution in [0.2, 0.25) is 0 Å². The number of allylic oxidation sites excluding steroid dienone is 6. The maximum absolute atomic E-state index is 5.18. The van der Waals surface area contributed by atoms with Gasteiger partial charge in [0.25, 0.3) is 0 Å². The molecule has 1 nitrogen and oxygen atoms in total. The van der Waals surface area contributed by atoms with Gasteiger partial charge < -0.3 is 4.74 Å². The molecule has 0 N–H and O–H groups in total. The van der Waals surface area contributed by atoms with Crippen molar-refractivity contribution in [2.75, 3.05) is 7.11 Å². The predicted octanol–water partition coefficient (Wildman–Crippen LogP) is 2.75. The molecule has 1 rings (SSSR count). The molecule has 0 saturated carbocycles. The Hall–Kier alpha value is -0.710. The second-order valence-corrected chi connectivity index (χ2v) is 3.60. The maximum Gasteiger partial charge on any atom is 0.138 e. The lowest BCUT2D eigenvalue weighted by Crippen LogP contribution is -2.17. The predicted molar refractivity (Wildman–Crippen MR) is 71.2 cm³/mol. The first-order chi connectivity index (χ1) is 6.70. The van der Waals surface area contributed by atoms with Crippen LogP contribution < -0.4 is 0 Å². The highest BCUT2D eigenvalue weighted by atomic mass is 32.1. The van der Waals surface area contributed by atoms with Crippen LogP contribution >= 0.6 is 36.7 Å².